The Kier molecular flexibility index (Phi) is 7.25. The molecule has 0 bridgehead atoms. The third-order valence-corrected chi connectivity index (χ3v) is 5.42. The van der Waals surface area contributed by atoms with Crippen molar-refractivity contribution >= 4 is 34.5 Å². The van der Waals surface area contributed by atoms with E-state index >= 15 is 0 Å². The van der Waals surface area contributed by atoms with Crippen molar-refractivity contribution in [1.29, 1.82) is 0 Å². The second-order valence-electron chi connectivity index (χ2n) is 6.28. The van der Waals surface area contributed by atoms with E-state index in [-0.39, 0.29) is 17.9 Å². The summed E-state index contributed by atoms with van der Waals surface area (Å²) in [5.74, 6) is 1.09. The van der Waals surface area contributed by atoms with Crippen LogP contribution in [-0.2, 0) is 9.53 Å². The lowest BCUT2D eigenvalue weighted by Gasteiger charge is -2.08. The molecule has 0 atom stereocenters. The molecule has 0 radical (unpaired) electrons. The van der Waals surface area contributed by atoms with Gasteiger partial charge in [0.25, 0.3) is 0 Å². The summed E-state index contributed by atoms with van der Waals surface area (Å²) in [6, 6.07) is 12.4. The number of rotatable bonds is 7. The predicted octanol–water partition coefficient (Wildman–Crippen LogP) is 4.91. The van der Waals surface area contributed by atoms with E-state index < -0.39 is 5.97 Å². The van der Waals surface area contributed by atoms with Gasteiger partial charge in [-0.05, 0) is 49.4 Å². The Morgan fingerprint density at radius 3 is 2.32 bits per heavy atom. The van der Waals surface area contributed by atoms with Crippen LogP contribution in [0.2, 0.25) is 0 Å². The number of thioether (sulfide) groups is 1. The fraction of sp³-hybridized carbons (Fsp3) is 0.217. The van der Waals surface area contributed by atoms with Crippen LogP contribution in [0.15, 0.2) is 63.7 Å². The maximum atomic E-state index is 12.5. The van der Waals surface area contributed by atoms with Crippen molar-refractivity contribution in [2.75, 3.05) is 27.9 Å². The average Bonchev–Trinajstić information content (AvgIpc) is 3.09. The SMILES string of the molecule is CCOC(=O)C1=C(O)C(=Cc2ccc(OC)cc2OC)SC1=Nc1ccc(OC)cc1. The Hall–Kier alpha value is -3.39. The van der Waals surface area contributed by atoms with E-state index in [4.69, 9.17) is 18.9 Å². The zero-order valence-corrected chi connectivity index (χ0v) is 18.5. The smallest absolute Gasteiger partial charge is 0.344 e. The van der Waals surface area contributed by atoms with Crippen LogP contribution in [0.5, 0.6) is 17.2 Å². The van der Waals surface area contributed by atoms with Gasteiger partial charge < -0.3 is 24.1 Å². The third kappa shape index (κ3) is 5.03. The van der Waals surface area contributed by atoms with Gasteiger partial charge in [-0.15, -0.1) is 0 Å². The van der Waals surface area contributed by atoms with E-state index in [9.17, 15) is 9.90 Å². The van der Waals surface area contributed by atoms with Crippen molar-refractivity contribution in [3.05, 3.63) is 64.3 Å². The fourth-order valence-corrected chi connectivity index (χ4v) is 3.87. The number of nitrogens with zero attached hydrogens (tertiary/aromatic N) is 1. The molecular formula is C23H23NO6S. The number of hydrogen-bond acceptors (Lipinski definition) is 8. The predicted molar refractivity (Wildman–Crippen MR) is 121 cm³/mol. The molecule has 162 valence electrons. The molecule has 0 aliphatic carbocycles. The molecule has 0 spiro atoms. The quantitative estimate of drug-likeness (QED) is 0.611. The molecule has 2 aromatic carbocycles. The molecular weight excluding hydrogens is 418 g/mol. The highest BCUT2D eigenvalue weighted by Gasteiger charge is 2.33. The summed E-state index contributed by atoms with van der Waals surface area (Å²) >= 11 is 1.18. The molecule has 0 amide bonds. The Bertz CT molecular complexity index is 1060. The second kappa shape index (κ2) is 10.1. The van der Waals surface area contributed by atoms with Crippen LogP contribution >= 0.6 is 11.8 Å². The molecule has 0 unspecified atom stereocenters. The van der Waals surface area contributed by atoms with Gasteiger partial charge in [-0.3, -0.25) is 0 Å². The van der Waals surface area contributed by atoms with Gasteiger partial charge in [0.05, 0.1) is 38.5 Å². The van der Waals surface area contributed by atoms with E-state index in [1.165, 1.54) is 11.8 Å². The van der Waals surface area contributed by atoms with Crippen LogP contribution in [0.4, 0.5) is 5.69 Å². The van der Waals surface area contributed by atoms with Gasteiger partial charge in [-0.25, -0.2) is 9.79 Å². The number of aliphatic imine (C=N–C) groups is 1. The summed E-state index contributed by atoms with van der Waals surface area (Å²) in [7, 11) is 4.70. The lowest BCUT2D eigenvalue weighted by Crippen LogP contribution is -2.12. The van der Waals surface area contributed by atoms with Crippen molar-refractivity contribution in [1.82, 2.24) is 0 Å². The summed E-state index contributed by atoms with van der Waals surface area (Å²) in [6.07, 6.45) is 1.73. The zero-order chi connectivity index (χ0) is 22.4. The molecule has 1 heterocycles. The van der Waals surface area contributed by atoms with Gasteiger partial charge >= 0.3 is 5.97 Å². The summed E-state index contributed by atoms with van der Waals surface area (Å²) in [5.41, 5.74) is 1.36. The fourth-order valence-electron chi connectivity index (χ4n) is 2.84. The van der Waals surface area contributed by atoms with Gasteiger partial charge in [0.1, 0.15) is 33.6 Å². The van der Waals surface area contributed by atoms with Crippen LogP contribution in [-0.4, -0.2) is 44.1 Å². The van der Waals surface area contributed by atoms with Crippen molar-refractivity contribution in [3.8, 4) is 17.2 Å². The minimum Gasteiger partial charge on any atom is -0.506 e. The van der Waals surface area contributed by atoms with Crippen molar-refractivity contribution in [3.63, 3.8) is 0 Å². The molecule has 31 heavy (non-hydrogen) atoms. The van der Waals surface area contributed by atoms with E-state index in [2.05, 4.69) is 4.99 Å². The second-order valence-corrected chi connectivity index (χ2v) is 7.31. The van der Waals surface area contributed by atoms with Crippen molar-refractivity contribution < 1.29 is 28.8 Å². The highest BCUT2D eigenvalue weighted by atomic mass is 32.2. The lowest BCUT2D eigenvalue weighted by atomic mass is 10.1. The maximum absolute atomic E-state index is 12.5. The highest BCUT2D eigenvalue weighted by Crippen LogP contribution is 2.41. The first-order valence-corrected chi connectivity index (χ1v) is 10.3. The van der Waals surface area contributed by atoms with Gasteiger partial charge in [-0.1, -0.05) is 11.8 Å². The minimum atomic E-state index is -0.634. The number of carbonyl (C=O) groups is 1. The van der Waals surface area contributed by atoms with E-state index in [0.717, 1.165) is 0 Å². The van der Waals surface area contributed by atoms with Crippen LogP contribution in [0.25, 0.3) is 6.08 Å². The number of benzene rings is 2. The average molecular weight is 442 g/mol. The normalized spacial score (nSPS) is 16.0. The minimum absolute atomic E-state index is 0.0291. The molecule has 0 saturated heterocycles. The molecule has 1 aliphatic heterocycles. The first-order valence-electron chi connectivity index (χ1n) is 9.46. The molecule has 1 N–H and O–H groups in total. The first-order chi connectivity index (χ1) is 15.0. The summed E-state index contributed by atoms with van der Waals surface area (Å²) in [5, 5.41) is 11.2. The van der Waals surface area contributed by atoms with E-state index in [1.807, 2.05) is 0 Å². The van der Waals surface area contributed by atoms with Gasteiger partial charge in [-0.2, -0.15) is 0 Å². The summed E-state index contributed by atoms with van der Waals surface area (Å²) < 4.78 is 20.9. The van der Waals surface area contributed by atoms with Gasteiger partial charge in [0, 0.05) is 11.6 Å². The topological polar surface area (TPSA) is 86.6 Å². The number of aliphatic hydroxyl groups is 1. The number of aliphatic hydroxyl groups excluding tert-OH is 1. The molecule has 0 saturated carbocycles. The zero-order valence-electron chi connectivity index (χ0n) is 17.7. The number of hydrogen-bond donors (Lipinski definition) is 1. The molecule has 1 aliphatic rings. The molecule has 2 aromatic rings. The number of carbonyl (C=O) groups excluding carboxylic acids is 1. The maximum Gasteiger partial charge on any atom is 0.344 e. The van der Waals surface area contributed by atoms with Crippen molar-refractivity contribution in [2.24, 2.45) is 4.99 Å². The van der Waals surface area contributed by atoms with Crippen LogP contribution in [0.3, 0.4) is 0 Å². The summed E-state index contributed by atoms with van der Waals surface area (Å²) in [6.45, 7) is 1.89. The first kappa shape index (κ1) is 22.3. The molecule has 7 nitrogen and oxygen atoms in total. The largest absolute Gasteiger partial charge is 0.506 e. The number of esters is 1. The molecule has 8 heteroatoms. The number of methoxy groups -OCH3 is 3. The van der Waals surface area contributed by atoms with E-state index in [0.29, 0.717) is 38.4 Å². The van der Waals surface area contributed by atoms with Crippen LogP contribution in [0, 0.1) is 0 Å². The Morgan fingerprint density at radius 1 is 1.03 bits per heavy atom. The summed E-state index contributed by atoms with van der Waals surface area (Å²) in [4.78, 5) is 17.5. The van der Waals surface area contributed by atoms with Crippen LogP contribution < -0.4 is 14.2 Å². The van der Waals surface area contributed by atoms with E-state index in [1.54, 1.807) is 76.8 Å². The highest BCUT2D eigenvalue weighted by molar-refractivity contribution is 8.18. The standard InChI is InChI=1S/C23H23NO6S/c1-5-30-23(26)20-21(25)19(12-14-6-9-17(28-3)13-18(14)29-4)31-22(20)24-15-7-10-16(27-2)11-8-15/h6-13,25H,5H2,1-4H3. The lowest BCUT2D eigenvalue weighted by molar-refractivity contribution is -0.138. The third-order valence-electron chi connectivity index (χ3n) is 4.40. The molecule has 0 aromatic heterocycles. The Labute approximate surface area is 185 Å². The van der Waals surface area contributed by atoms with Gasteiger partial charge in [0.15, 0.2) is 0 Å². The monoisotopic (exact) mass is 441 g/mol. The molecule has 3 rings (SSSR count). The molecule has 0 fully saturated rings. The number of ether oxygens (including phenoxy) is 4. The van der Waals surface area contributed by atoms with Crippen LogP contribution in [0.1, 0.15) is 12.5 Å². The Balaban J connectivity index is 2.04. The van der Waals surface area contributed by atoms with Crippen molar-refractivity contribution in [2.45, 2.75) is 6.92 Å². The Morgan fingerprint density at radius 2 is 1.71 bits per heavy atom. The van der Waals surface area contributed by atoms with Gasteiger partial charge in [0.2, 0.25) is 0 Å².